The molecule has 1 aromatic heterocycles. The van der Waals surface area contributed by atoms with Gasteiger partial charge >= 0.3 is 0 Å². The van der Waals surface area contributed by atoms with E-state index in [2.05, 4.69) is 10.3 Å². The topological polar surface area (TPSA) is 57.7 Å². The van der Waals surface area contributed by atoms with Crippen molar-refractivity contribution < 1.29 is 9.53 Å². The fourth-order valence-corrected chi connectivity index (χ4v) is 2.42. The molecule has 1 atom stereocenters. The molecule has 2 heterocycles. The molecular weight excluding hydrogens is 268 g/mol. The predicted octanol–water partition coefficient (Wildman–Crippen LogP) is 0.735. The molecule has 0 saturated carbocycles. The SMILES string of the molecule is CC(C)Oc1cccnc1N1CCNCC1C(=O)N(C)C. The molecule has 0 bridgehead atoms. The Balaban J connectivity index is 2.31. The fraction of sp³-hybridized carbons (Fsp3) is 0.600. The molecule has 21 heavy (non-hydrogen) atoms. The van der Waals surface area contributed by atoms with E-state index in [1.54, 1.807) is 25.2 Å². The summed E-state index contributed by atoms with van der Waals surface area (Å²) in [5.74, 6) is 1.54. The first-order chi connectivity index (χ1) is 10.0. The van der Waals surface area contributed by atoms with Crippen LogP contribution in [0.4, 0.5) is 5.82 Å². The number of nitrogens with zero attached hydrogens (tertiary/aromatic N) is 3. The van der Waals surface area contributed by atoms with Gasteiger partial charge in [-0.3, -0.25) is 4.79 Å². The number of hydrogen-bond acceptors (Lipinski definition) is 5. The summed E-state index contributed by atoms with van der Waals surface area (Å²) >= 11 is 0. The molecular formula is C15H24N4O2. The Morgan fingerprint density at radius 3 is 2.95 bits per heavy atom. The highest BCUT2D eigenvalue weighted by Gasteiger charge is 2.32. The number of nitrogens with one attached hydrogen (secondary N) is 1. The van der Waals surface area contributed by atoms with E-state index < -0.39 is 0 Å². The third-order valence-electron chi connectivity index (χ3n) is 3.35. The van der Waals surface area contributed by atoms with Gasteiger partial charge in [0.25, 0.3) is 0 Å². The summed E-state index contributed by atoms with van der Waals surface area (Å²) in [7, 11) is 3.55. The van der Waals surface area contributed by atoms with Gasteiger partial charge in [-0.25, -0.2) is 4.98 Å². The first-order valence-electron chi connectivity index (χ1n) is 7.31. The van der Waals surface area contributed by atoms with E-state index in [0.29, 0.717) is 6.54 Å². The number of piperazine rings is 1. The minimum absolute atomic E-state index is 0.0684. The second-order valence-corrected chi connectivity index (χ2v) is 5.64. The molecule has 1 amide bonds. The number of pyridine rings is 1. The van der Waals surface area contributed by atoms with E-state index in [4.69, 9.17) is 4.74 Å². The van der Waals surface area contributed by atoms with Crippen LogP contribution in [0, 0.1) is 0 Å². The Bertz CT molecular complexity index is 490. The average Bonchev–Trinajstić information content (AvgIpc) is 2.46. The highest BCUT2D eigenvalue weighted by atomic mass is 16.5. The van der Waals surface area contributed by atoms with Crippen LogP contribution in [-0.2, 0) is 4.79 Å². The smallest absolute Gasteiger partial charge is 0.246 e. The van der Waals surface area contributed by atoms with Crippen LogP contribution in [0.1, 0.15) is 13.8 Å². The highest BCUT2D eigenvalue weighted by molar-refractivity contribution is 5.85. The summed E-state index contributed by atoms with van der Waals surface area (Å²) in [5.41, 5.74) is 0. The largest absolute Gasteiger partial charge is 0.487 e. The van der Waals surface area contributed by atoms with Gasteiger partial charge in [0.15, 0.2) is 11.6 Å². The third-order valence-corrected chi connectivity index (χ3v) is 3.35. The standard InChI is InChI=1S/C15H24N4O2/c1-11(2)21-13-6-5-7-17-14(13)19-9-8-16-10-12(19)15(20)18(3)4/h5-7,11-12,16H,8-10H2,1-4H3. The van der Waals surface area contributed by atoms with Crippen LogP contribution in [0.5, 0.6) is 5.75 Å². The number of aromatic nitrogens is 1. The quantitative estimate of drug-likeness (QED) is 0.887. The van der Waals surface area contributed by atoms with Crippen molar-refractivity contribution in [1.82, 2.24) is 15.2 Å². The number of carbonyl (C=O) groups is 1. The summed E-state index contributed by atoms with van der Waals surface area (Å²) in [6, 6.07) is 3.51. The van der Waals surface area contributed by atoms with Gasteiger partial charge in [0.2, 0.25) is 5.91 Å². The lowest BCUT2D eigenvalue weighted by molar-refractivity contribution is -0.130. The molecule has 0 aliphatic carbocycles. The molecule has 1 saturated heterocycles. The first-order valence-corrected chi connectivity index (χ1v) is 7.31. The number of likely N-dealkylation sites (N-methyl/N-ethyl adjacent to an activating group) is 1. The van der Waals surface area contributed by atoms with Crippen LogP contribution >= 0.6 is 0 Å². The molecule has 1 aromatic rings. The molecule has 0 radical (unpaired) electrons. The van der Waals surface area contributed by atoms with Crippen molar-refractivity contribution in [2.75, 3.05) is 38.6 Å². The maximum Gasteiger partial charge on any atom is 0.246 e. The zero-order valence-electron chi connectivity index (χ0n) is 13.2. The second kappa shape index (κ2) is 6.76. The molecule has 0 aromatic carbocycles. The maximum atomic E-state index is 12.4. The van der Waals surface area contributed by atoms with Crippen LogP contribution < -0.4 is 15.0 Å². The van der Waals surface area contributed by atoms with Crippen molar-refractivity contribution in [2.45, 2.75) is 26.0 Å². The number of carbonyl (C=O) groups excluding carboxylic acids is 1. The lowest BCUT2D eigenvalue weighted by atomic mass is 10.1. The van der Waals surface area contributed by atoms with Crippen LogP contribution in [0.25, 0.3) is 0 Å². The molecule has 1 N–H and O–H groups in total. The zero-order valence-corrected chi connectivity index (χ0v) is 13.2. The summed E-state index contributed by atoms with van der Waals surface area (Å²) in [6.07, 6.45) is 1.81. The number of rotatable bonds is 4. The Labute approximate surface area is 126 Å². The number of anilines is 1. The number of hydrogen-bond donors (Lipinski definition) is 1. The Hall–Kier alpha value is -1.82. The predicted molar refractivity (Wildman–Crippen MR) is 82.7 cm³/mol. The van der Waals surface area contributed by atoms with Gasteiger partial charge in [0.05, 0.1) is 6.10 Å². The molecule has 116 valence electrons. The summed E-state index contributed by atoms with van der Waals surface area (Å²) < 4.78 is 5.84. The van der Waals surface area contributed by atoms with Crippen molar-refractivity contribution in [1.29, 1.82) is 0 Å². The van der Waals surface area contributed by atoms with Gasteiger partial charge < -0.3 is 19.9 Å². The molecule has 1 unspecified atom stereocenters. The van der Waals surface area contributed by atoms with E-state index in [0.717, 1.165) is 24.7 Å². The molecule has 1 fully saturated rings. The van der Waals surface area contributed by atoms with Gasteiger partial charge in [0, 0.05) is 39.9 Å². The monoisotopic (exact) mass is 292 g/mol. The molecule has 2 rings (SSSR count). The Morgan fingerprint density at radius 2 is 2.29 bits per heavy atom. The van der Waals surface area contributed by atoms with Gasteiger partial charge in [-0.2, -0.15) is 0 Å². The van der Waals surface area contributed by atoms with Gasteiger partial charge in [-0.05, 0) is 26.0 Å². The summed E-state index contributed by atoms with van der Waals surface area (Å²) in [4.78, 5) is 20.5. The lowest BCUT2D eigenvalue weighted by Gasteiger charge is -2.37. The highest BCUT2D eigenvalue weighted by Crippen LogP contribution is 2.28. The normalized spacial score (nSPS) is 18.7. The van der Waals surface area contributed by atoms with E-state index in [9.17, 15) is 4.79 Å². The molecule has 0 spiro atoms. The van der Waals surface area contributed by atoms with E-state index in [-0.39, 0.29) is 18.1 Å². The van der Waals surface area contributed by atoms with Crippen LogP contribution in [-0.4, -0.2) is 61.7 Å². The van der Waals surface area contributed by atoms with E-state index in [1.807, 2.05) is 30.9 Å². The van der Waals surface area contributed by atoms with Crippen LogP contribution in [0.15, 0.2) is 18.3 Å². The minimum atomic E-state index is -0.252. The molecule has 1 aliphatic heterocycles. The third kappa shape index (κ3) is 3.64. The molecule has 6 nitrogen and oxygen atoms in total. The van der Waals surface area contributed by atoms with Gasteiger partial charge in [0.1, 0.15) is 6.04 Å². The zero-order chi connectivity index (χ0) is 15.4. The van der Waals surface area contributed by atoms with Crippen LogP contribution in [0.3, 0.4) is 0 Å². The molecule has 6 heteroatoms. The Kier molecular flexibility index (Phi) is 5.01. The van der Waals surface area contributed by atoms with Crippen molar-refractivity contribution in [3.63, 3.8) is 0 Å². The summed E-state index contributed by atoms with van der Waals surface area (Å²) in [5, 5.41) is 3.27. The number of ether oxygens (including phenoxy) is 1. The first kappa shape index (κ1) is 15.6. The summed E-state index contributed by atoms with van der Waals surface area (Å²) in [6.45, 7) is 6.15. The van der Waals surface area contributed by atoms with Gasteiger partial charge in [-0.15, -0.1) is 0 Å². The van der Waals surface area contributed by atoms with Crippen molar-refractivity contribution in [3.8, 4) is 5.75 Å². The Morgan fingerprint density at radius 1 is 1.52 bits per heavy atom. The average molecular weight is 292 g/mol. The van der Waals surface area contributed by atoms with Crippen LogP contribution in [0.2, 0.25) is 0 Å². The second-order valence-electron chi connectivity index (χ2n) is 5.64. The molecule has 1 aliphatic rings. The van der Waals surface area contributed by atoms with Crippen molar-refractivity contribution in [2.24, 2.45) is 0 Å². The lowest BCUT2D eigenvalue weighted by Crippen LogP contribution is -2.58. The fourth-order valence-electron chi connectivity index (χ4n) is 2.42. The van der Waals surface area contributed by atoms with E-state index in [1.165, 1.54) is 0 Å². The maximum absolute atomic E-state index is 12.4. The van der Waals surface area contributed by atoms with Crippen molar-refractivity contribution in [3.05, 3.63) is 18.3 Å². The van der Waals surface area contributed by atoms with Gasteiger partial charge in [-0.1, -0.05) is 0 Å². The van der Waals surface area contributed by atoms with E-state index >= 15 is 0 Å². The van der Waals surface area contributed by atoms with Crippen molar-refractivity contribution >= 4 is 11.7 Å². The number of amides is 1. The minimum Gasteiger partial charge on any atom is -0.487 e.